The van der Waals surface area contributed by atoms with E-state index in [1.807, 2.05) is 0 Å². The van der Waals surface area contributed by atoms with E-state index in [-0.39, 0.29) is 11.3 Å². The van der Waals surface area contributed by atoms with Crippen LogP contribution in [-0.2, 0) is 9.84 Å². The second-order valence-corrected chi connectivity index (χ2v) is 9.08. The molecule has 1 aromatic rings. The SMILES string of the molecule is Cc1cc(C)c(NC2CCCC(S(C)(=O)=O)C2)c(Br)c1. The molecule has 1 aromatic carbocycles. The maximum Gasteiger partial charge on any atom is 0.150 e. The zero-order valence-electron chi connectivity index (χ0n) is 12.2. The van der Waals surface area contributed by atoms with Crippen LogP contribution >= 0.6 is 15.9 Å². The summed E-state index contributed by atoms with van der Waals surface area (Å²) in [7, 11) is -2.93. The Labute approximate surface area is 130 Å². The molecule has 2 rings (SSSR count). The van der Waals surface area contributed by atoms with E-state index in [0.717, 1.165) is 29.4 Å². The molecule has 0 radical (unpaired) electrons. The maximum absolute atomic E-state index is 11.7. The largest absolute Gasteiger partial charge is 0.381 e. The van der Waals surface area contributed by atoms with E-state index in [2.05, 4.69) is 47.2 Å². The summed E-state index contributed by atoms with van der Waals surface area (Å²) in [6, 6.07) is 4.47. The number of halogens is 1. The number of nitrogens with one attached hydrogen (secondary N) is 1. The molecule has 5 heteroatoms. The average molecular weight is 360 g/mol. The quantitative estimate of drug-likeness (QED) is 0.891. The molecule has 1 fully saturated rings. The number of anilines is 1. The molecule has 1 aliphatic rings. The van der Waals surface area contributed by atoms with Gasteiger partial charge in [0, 0.05) is 16.8 Å². The van der Waals surface area contributed by atoms with Crippen molar-refractivity contribution in [2.24, 2.45) is 0 Å². The summed E-state index contributed by atoms with van der Waals surface area (Å²) in [5.74, 6) is 0. The van der Waals surface area contributed by atoms with E-state index in [9.17, 15) is 8.42 Å². The van der Waals surface area contributed by atoms with Crippen LogP contribution in [0.2, 0.25) is 0 Å². The summed E-state index contributed by atoms with van der Waals surface area (Å²) in [6.45, 7) is 4.15. The minimum Gasteiger partial charge on any atom is -0.381 e. The Morgan fingerprint density at radius 1 is 1.25 bits per heavy atom. The van der Waals surface area contributed by atoms with Crippen LogP contribution in [0.15, 0.2) is 16.6 Å². The molecule has 0 aromatic heterocycles. The van der Waals surface area contributed by atoms with Crippen molar-refractivity contribution in [3.63, 3.8) is 0 Å². The number of aryl methyl sites for hydroxylation is 2. The molecule has 0 saturated heterocycles. The van der Waals surface area contributed by atoms with Crippen LogP contribution in [0.25, 0.3) is 0 Å². The van der Waals surface area contributed by atoms with Gasteiger partial charge in [-0.05, 0) is 66.2 Å². The first-order valence-electron chi connectivity index (χ1n) is 6.99. The van der Waals surface area contributed by atoms with Gasteiger partial charge in [-0.3, -0.25) is 0 Å². The lowest BCUT2D eigenvalue weighted by molar-refractivity contribution is 0.452. The molecule has 0 aliphatic heterocycles. The number of benzene rings is 1. The lowest BCUT2D eigenvalue weighted by Gasteiger charge is -2.30. The first kappa shape index (κ1) is 15.8. The molecule has 20 heavy (non-hydrogen) atoms. The fourth-order valence-corrected chi connectivity index (χ4v) is 4.93. The lowest BCUT2D eigenvalue weighted by Crippen LogP contribution is -2.34. The predicted molar refractivity (Wildman–Crippen MR) is 88.1 cm³/mol. The van der Waals surface area contributed by atoms with Crippen molar-refractivity contribution in [1.82, 2.24) is 0 Å². The van der Waals surface area contributed by atoms with Gasteiger partial charge < -0.3 is 5.32 Å². The molecular formula is C15H22BrNO2S. The second-order valence-electron chi connectivity index (χ2n) is 5.90. The molecule has 1 aliphatic carbocycles. The van der Waals surface area contributed by atoms with Crippen molar-refractivity contribution in [2.75, 3.05) is 11.6 Å². The number of hydrogen-bond donors (Lipinski definition) is 1. The predicted octanol–water partition coefficient (Wildman–Crippen LogP) is 3.83. The van der Waals surface area contributed by atoms with Crippen LogP contribution < -0.4 is 5.32 Å². The van der Waals surface area contributed by atoms with Gasteiger partial charge in [-0.25, -0.2) is 8.42 Å². The van der Waals surface area contributed by atoms with Gasteiger partial charge in [-0.1, -0.05) is 12.5 Å². The van der Waals surface area contributed by atoms with E-state index in [0.29, 0.717) is 6.42 Å². The third-order valence-corrected chi connectivity index (χ3v) is 6.28. The lowest BCUT2D eigenvalue weighted by atomic mass is 9.94. The van der Waals surface area contributed by atoms with E-state index < -0.39 is 9.84 Å². The first-order valence-corrected chi connectivity index (χ1v) is 9.74. The van der Waals surface area contributed by atoms with Crippen LogP contribution in [0.5, 0.6) is 0 Å². The van der Waals surface area contributed by atoms with Crippen LogP contribution in [-0.4, -0.2) is 26.0 Å². The normalized spacial score (nSPS) is 23.6. The average Bonchev–Trinajstić information content (AvgIpc) is 2.33. The van der Waals surface area contributed by atoms with Crippen LogP contribution in [0.3, 0.4) is 0 Å². The van der Waals surface area contributed by atoms with Crippen LogP contribution in [0.1, 0.15) is 36.8 Å². The van der Waals surface area contributed by atoms with Crippen molar-refractivity contribution in [3.8, 4) is 0 Å². The summed E-state index contributed by atoms with van der Waals surface area (Å²) < 4.78 is 24.5. The Morgan fingerprint density at radius 2 is 1.95 bits per heavy atom. The summed E-state index contributed by atoms with van der Waals surface area (Å²) in [5, 5.41) is 3.34. The Kier molecular flexibility index (Phi) is 4.80. The Balaban J connectivity index is 2.14. The van der Waals surface area contributed by atoms with Gasteiger partial charge >= 0.3 is 0 Å². The minimum atomic E-state index is -2.93. The smallest absolute Gasteiger partial charge is 0.150 e. The number of sulfone groups is 1. The van der Waals surface area contributed by atoms with Gasteiger partial charge in [-0.2, -0.15) is 0 Å². The van der Waals surface area contributed by atoms with Gasteiger partial charge in [0.25, 0.3) is 0 Å². The Hall–Kier alpha value is -0.550. The summed E-state index contributed by atoms with van der Waals surface area (Å²) in [5.41, 5.74) is 3.51. The minimum absolute atomic E-state index is 0.196. The second kappa shape index (κ2) is 6.06. The topological polar surface area (TPSA) is 46.2 Å². The van der Waals surface area contributed by atoms with Gasteiger partial charge in [0.1, 0.15) is 9.84 Å². The fourth-order valence-electron chi connectivity index (χ4n) is 2.97. The maximum atomic E-state index is 11.7. The zero-order valence-corrected chi connectivity index (χ0v) is 14.6. The Bertz CT molecular complexity index is 575. The molecular weight excluding hydrogens is 338 g/mol. The van der Waals surface area contributed by atoms with E-state index >= 15 is 0 Å². The highest BCUT2D eigenvalue weighted by atomic mass is 79.9. The van der Waals surface area contributed by atoms with Gasteiger partial charge in [0.2, 0.25) is 0 Å². The monoisotopic (exact) mass is 359 g/mol. The Morgan fingerprint density at radius 3 is 2.55 bits per heavy atom. The third-order valence-electron chi connectivity index (χ3n) is 4.01. The molecule has 0 spiro atoms. The fraction of sp³-hybridized carbons (Fsp3) is 0.600. The van der Waals surface area contributed by atoms with Gasteiger partial charge in [0.05, 0.1) is 10.9 Å². The third kappa shape index (κ3) is 3.76. The molecule has 0 amide bonds. The first-order chi connectivity index (χ1) is 9.27. The van der Waals surface area contributed by atoms with Gasteiger partial charge in [0.15, 0.2) is 0 Å². The number of rotatable bonds is 3. The molecule has 2 atom stereocenters. The molecule has 112 valence electrons. The van der Waals surface area contributed by atoms with E-state index in [4.69, 9.17) is 0 Å². The van der Waals surface area contributed by atoms with Gasteiger partial charge in [-0.15, -0.1) is 0 Å². The van der Waals surface area contributed by atoms with Crippen molar-refractivity contribution < 1.29 is 8.42 Å². The highest BCUT2D eigenvalue weighted by Crippen LogP contribution is 2.32. The standard InChI is InChI=1S/C15H22BrNO2S/c1-10-7-11(2)15(14(16)8-10)17-12-5-4-6-13(9-12)20(3,18)19/h7-8,12-13,17H,4-6,9H2,1-3H3. The van der Waals surface area contributed by atoms with E-state index in [1.165, 1.54) is 17.4 Å². The molecule has 1 N–H and O–H groups in total. The summed E-state index contributed by atoms with van der Waals surface area (Å²) >= 11 is 3.60. The highest BCUT2D eigenvalue weighted by molar-refractivity contribution is 9.10. The molecule has 0 heterocycles. The van der Waals surface area contributed by atoms with E-state index in [1.54, 1.807) is 0 Å². The highest BCUT2D eigenvalue weighted by Gasteiger charge is 2.29. The summed E-state index contributed by atoms with van der Waals surface area (Å²) in [6.07, 6.45) is 4.86. The summed E-state index contributed by atoms with van der Waals surface area (Å²) in [4.78, 5) is 0. The van der Waals surface area contributed by atoms with Crippen molar-refractivity contribution >= 4 is 31.5 Å². The molecule has 0 bridgehead atoms. The van der Waals surface area contributed by atoms with Crippen LogP contribution in [0.4, 0.5) is 5.69 Å². The van der Waals surface area contributed by atoms with Crippen molar-refractivity contribution in [1.29, 1.82) is 0 Å². The van der Waals surface area contributed by atoms with Crippen molar-refractivity contribution in [2.45, 2.75) is 50.8 Å². The molecule has 3 nitrogen and oxygen atoms in total. The molecule has 2 unspecified atom stereocenters. The number of hydrogen-bond acceptors (Lipinski definition) is 3. The van der Waals surface area contributed by atoms with Crippen LogP contribution in [0, 0.1) is 13.8 Å². The zero-order chi connectivity index (χ0) is 14.9. The molecule has 1 saturated carbocycles. The van der Waals surface area contributed by atoms with Crippen molar-refractivity contribution in [3.05, 3.63) is 27.7 Å².